The minimum Gasteiger partial charge on any atom is -0.370 e. The van der Waals surface area contributed by atoms with Gasteiger partial charge in [0.25, 0.3) is 0 Å². The van der Waals surface area contributed by atoms with E-state index < -0.39 is 0 Å². The van der Waals surface area contributed by atoms with Crippen molar-refractivity contribution < 1.29 is 0 Å². The molecule has 0 atom stereocenters. The molecule has 0 radical (unpaired) electrons. The van der Waals surface area contributed by atoms with Crippen LogP contribution in [0.25, 0.3) is 0 Å². The summed E-state index contributed by atoms with van der Waals surface area (Å²) in [5.74, 6) is 3.09. The number of guanidine groups is 1. The zero-order chi connectivity index (χ0) is 14.4. The van der Waals surface area contributed by atoms with E-state index >= 15 is 0 Å². The summed E-state index contributed by atoms with van der Waals surface area (Å²) in [7, 11) is 4.37. The molecule has 21 heavy (non-hydrogen) atoms. The maximum Gasteiger partial charge on any atom is 0.191 e. The summed E-state index contributed by atoms with van der Waals surface area (Å²) in [4.78, 5) is 11.6. The molecule has 0 spiro atoms. The van der Waals surface area contributed by atoms with E-state index in [2.05, 4.69) is 33.8 Å². The molecule has 2 saturated heterocycles. The van der Waals surface area contributed by atoms with Crippen LogP contribution in [0.2, 0.25) is 0 Å². The summed E-state index contributed by atoms with van der Waals surface area (Å²) in [6.45, 7) is 6.37. The molecule has 7 heteroatoms. The Morgan fingerprint density at radius 3 is 2.38 bits per heavy atom. The zero-order valence-corrected chi connectivity index (χ0v) is 16.5. The molecule has 124 valence electrons. The molecular weight excluding hydrogens is 397 g/mol. The van der Waals surface area contributed by atoms with Crippen LogP contribution >= 0.6 is 35.7 Å². The number of nitrogens with zero attached hydrogens (tertiary/aromatic N) is 4. The van der Waals surface area contributed by atoms with Crippen molar-refractivity contribution >= 4 is 41.7 Å². The number of halogens is 1. The van der Waals surface area contributed by atoms with Crippen molar-refractivity contribution in [3.8, 4) is 0 Å². The van der Waals surface area contributed by atoms with Crippen LogP contribution in [0.4, 0.5) is 0 Å². The zero-order valence-electron chi connectivity index (χ0n) is 13.3. The minimum absolute atomic E-state index is 0. The van der Waals surface area contributed by atoms with Gasteiger partial charge in [-0.3, -0.25) is 4.99 Å². The summed E-state index contributed by atoms with van der Waals surface area (Å²) in [6.07, 6.45) is 2.55. The Hall–Kier alpha value is 0.270. The summed E-state index contributed by atoms with van der Waals surface area (Å²) >= 11 is 2.00. The molecule has 0 saturated carbocycles. The fraction of sp³-hybridized carbons (Fsp3) is 0.929. The second-order valence-corrected chi connectivity index (χ2v) is 7.10. The van der Waals surface area contributed by atoms with Crippen LogP contribution in [-0.4, -0.2) is 91.6 Å². The third-order valence-corrected chi connectivity index (χ3v) is 5.26. The van der Waals surface area contributed by atoms with Gasteiger partial charge in [-0.25, -0.2) is 0 Å². The van der Waals surface area contributed by atoms with Crippen LogP contribution in [0.15, 0.2) is 4.99 Å². The summed E-state index contributed by atoms with van der Waals surface area (Å²) in [6, 6.07) is 0.755. The number of rotatable bonds is 4. The lowest BCUT2D eigenvalue weighted by molar-refractivity contribution is 0.148. The first-order valence-electron chi connectivity index (χ1n) is 7.68. The fourth-order valence-electron chi connectivity index (χ4n) is 2.86. The SMILES string of the molecule is CN(C)C1CCN(CCN=C(N)N2CCSCC2)CC1.I. The van der Waals surface area contributed by atoms with E-state index in [0.29, 0.717) is 0 Å². The predicted octanol–water partition coefficient (Wildman–Crippen LogP) is 0.994. The van der Waals surface area contributed by atoms with Crippen molar-refractivity contribution in [2.24, 2.45) is 10.7 Å². The molecule has 2 heterocycles. The normalized spacial score (nSPS) is 22.4. The Balaban J connectivity index is 0.00000220. The van der Waals surface area contributed by atoms with Crippen molar-refractivity contribution in [1.82, 2.24) is 14.7 Å². The molecule has 0 amide bonds. The number of hydrogen-bond acceptors (Lipinski definition) is 4. The van der Waals surface area contributed by atoms with Gasteiger partial charge in [-0.2, -0.15) is 11.8 Å². The highest BCUT2D eigenvalue weighted by atomic mass is 127. The third-order valence-electron chi connectivity index (χ3n) is 4.31. The maximum atomic E-state index is 6.07. The van der Waals surface area contributed by atoms with Gasteiger partial charge >= 0.3 is 0 Å². The smallest absolute Gasteiger partial charge is 0.191 e. The second kappa shape index (κ2) is 10.1. The molecule has 0 aromatic carbocycles. The summed E-state index contributed by atoms with van der Waals surface area (Å²) in [5.41, 5.74) is 6.07. The molecule has 2 aliphatic rings. The van der Waals surface area contributed by atoms with Crippen LogP contribution < -0.4 is 5.73 Å². The van der Waals surface area contributed by atoms with Gasteiger partial charge in [-0.05, 0) is 40.0 Å². The van der Waals surface area contributed by atoms with Crippen molar-refractivity contribution in [3.63, 3.8) is 0 Å². The highest BCUT2D eigenvalue weighted by Crippen LogP contribution is 2.13. The average molecular weight is 427 g/mol. The van der Waals surface area contributed by atoms with Gasteiger partial charge in [-0.15, -0.1) is 24.0 Å². The molecular formula is C14H30IN5S. The van der Waals surface area contributed by atoms with E-state index in [4.69, 9.17) is 5.73 Å². The second-order valence-electron chi connectivity index (χ2n) is 5.88. The van der Waals surface area contributed by atoms with E-state index in [9.17, 15) is 0 Å². The number of hydrogen-bond donors (Lipinski definition) is 1. The molecule has 0 unspecified atom stereocenters. The molecule has 2 aliphatic heterocycles. The first-order chi connectivity index (χ1) is 9.66. The molecule has 0 aliphatic carbocycles. The van der Waals surface area contributed by atoms with Gasteiger partial charge in [0, 0.05) is 37.2 Å². The van der Waals surface area contributed by atoms with E-state index in [1.807, 2.05) is 11.8 Å². The largest absolute Gasteiger partial charge is 0.370 e. The van der Waals surface area contributed by atoms with Crippen LogP contribution in [0.5, 0.6) is 0 Å². The van der Waals surface area contributed by atoms with Crippen molar-refractivity contribution in [1.29, 1.82) is 0 Å². The number of aliphatic imine (C=N–C) groups is 1. The van der Waals surface area contributed by atoms with Gasteiger partial charge in [0.05, 0.1) is 6.54 Å². The molecule has 5 nitrogen and oxygen atoms in total. The molecule has 2 rings (SSSR count). The van der Waals surface area contributed by atoms with Gasteiger partial charge in [0.2, 0.25) is 0 Å². The Labute approximate surface area is 150 Å². The topological polar surface area (TPSA) is 48.1 Å². The Kier molecular flexibility index (Phi) is 9.31. The van der Waals surface area contributed by atoms with E-state index in [1.165, 1.54) is 37.4 Å². The highest BCUT2D eigenvalue weighted by Gasteiger charge is 2.20. The number of nitrogens with two attached hydrogens (primary N) is 1. The predicted molar refractivity (Wildman–Crippen MR) is 104 cm³/mol. The molecule has 2 N–H and O–H groups in total. The highest BCUT2D eigenvalue weighted by molar-refractivity contribution is 14.0. The van der Waals surface area contributed by atoms with E-state index in [1.54, 1.807) is 0 Å². The quantitative estimate of drug-likeness (QED) is 0.412. The van der Waals surface area contributed by atoms with Gasteiger partial charge in [0.15, 0.2) is 5.96 Å². The van der Waals surface area contributed by atoms with Crippen LogP contribution in [-0.2, 0) is 0 Å². The summed E-state index contributed by atoms with van der Waals surface area (Å²) < 4.78 is 0. The van der Waals surface area contributed by atoms with Crippen LogP contribution in [0.1, 0.15) is 12.8 Å². The maximum absolute atomic E-state index is 6.07. The van der Waals surface area contributed by atoms with Gasteiger partial charge < -0.3 is 20.4 Å². The Morgan fingerprint density at radius 1 is 1.19 bits per heavy atom. The Bertz CT molecular complexity index is 312. The lowest BCUT2D eigenvalue weighted by Crippen LogP contribution is -2.44. The monoisotopic (exact) mass is 427 g/mol. The van der Waals surface area contributed by atoms with E-state index in [0.717, 1.165) is 38.2 Å². The van der Waals surface area contributed by atoms with Crippen molar-refractivity contribution in [2.45, 2.75) is 18.9 Å². The fourth-order valence-corrected chi connectivity index (χ4v) is 3.76. The van der Waals surface area contributed by atoms with Crippen molar-refractivity contribution in [3.05, 3.63) is 0 Å². The minimum atomic E-state index is 0. The molecule has 0 aromatic rings. The molecule has 0 bridgehead atoms. The van der Waals surface area contributed by atoms with E-state index in [-0.39, 0.29) is 24.0 Å². The average Bonchev–Trinajstić information content (AvgIpc) is 2.48. The number of likely N-dealkylation sites (tertiary alicyclic amines) is 1. The molecule has 0 aromatic heterocycles. The standard InChI is InChI=1S/C14H29N5S.HI/c1-17(2)13-3-6-18(7-4-13)8-5-16-14(15)19-9-11-20-12-10-19;/h13H,3-12H2,1-2H3,(H2,15,16);1H. The summed E-state index contributed by atoms with van der Waals surface area (Å²) in [5, 5.41) is 0. The third kappa shape index (κ3) is 6.50. The molecule has 2 fully saturated rings. The van der Waals surface area contributed by atoms with Gasteiger partial charge in [0.1, 0.15) is 0 Å². The van der Waals surface area contributed by atoms with Crippen LogP contribution in [0, 0.1) is 0 Å². The Morgan fingerprint density at radius 2 is 1.81 bits per heavy atom. The number of thioether (sulfide) groups is 1. The van der Waals surface area contributed by atoms with Crippen molar-refractivity contribution in [2.75, 3.05) is 64.9 Å². The lowest BCUT2D eigenvalue weighted by Gasteiger charge is -2.35. The first kappa shape index (κ1) is 19.3. The van der Waals surface area contributed by atoms with Crippen LogP contribution in [0.3, 0.4) is 0 Å². The van der Waals surface area contributed by atoms with Gasteiger partial charge in [-0.1, -0.05) is 0 Å². The lowest BCUT2D eigenvalue weighted by atomic mass is 10.0. The first-order valence-corrected chi connectivity index (χ1v) is 8.83. The number of piperidine rings is 1.